The lowest BCUT2D eigenvalue weighted by Gasteiger charge is -2.14. The number of aliphatic hydroxyl groups excluding tert-OH is 1. The molecule has 1 aromatic heterocycles. The number of aliphatic hydroxyl groups is 1. The van der Waals surface area contributed by atoms with Crippen LogP contribution in [0.3, 0.4) is 0 Å². The van der Waals surface area contributed by atoms with E-state index in [4.69, 9.17) is 0 Å². The van der Waals surface area contributed by atoms with Crippen molar-refractivity contribution in [3.63, 3.8) is 0 Å². The van der Waals surface area contributed by atoms with Crippen LogP contribution in [0.4, 0.5) is 0 Å². The summed E-state index contributed by atoms with van der Waals surface area (Å²) in [7, 11) is 0. The molecule has 2 rings (SSSR count). The highest BCUT2D eigenvalue weighted by molar-refractivity contribution is 5.75. The van der Waals surface area contributed by atoms with E-state index in [2.05, 4.69) is 20.7 Å². The highest BCUT2D eigenvalue weighted by atomic mass is 16.3. The van der Waals surface area contributed by atoms with Gasteiger partial charge in [-0.2, -0.15) is 4.80 Å². The van der Waals surface area contributed by atoms with Gasteiger partial charge in [-0.3, -0.25) is 4.79 Å². The van der Waals surface area contributed by atoms with Gasteiger partial charge in [-0.05, 0) is 17.6 Å². The quantitative estimate of drug-likeness (QED) is 0.791. The number of amides is 1. The van der Waals surface area contributed by atoms with Crippen LogP contribution < -0.4 is 5.32 Å². The van der Waals surface area contributed by atoms with Crippen LogP contribution in [0.15, 0.2) is 30.3 Å². The number of rotatable bonds is 7. The molecule has 1 amide bonds. The molecule has 22 heavy (non-hydrogen) atoms. The predicted molar refractivity (Wildman–Crippen MR) is 81.7 cm³/mol. The van der Waals surface area contributed by atoms with Crippen LogP contribution in [0.25, 0.3) is 11.4 Å². The van der Waals surface area contributed by atoms with E-state index in [-0.39, 0.29) is 18.4 Å². The fraction of sp³-hybridized carbons (Fsp3) is 0.467. The Kier molecular flexibility index (Phi) is 5.60. The molecule has 1 heterocycles. The smallest absolute Gasteiger partial charge is 0.243 e. The predicted octanol–water partition coefficient (Wildman–Crippen LogP) is 0.863. The topological polar surface area (TPSA) is 92.9 Å². The summed E-state index contributed by atoms with van der Waals surface area (Å²) in [6.07, 6.45) is 0.123. The van der Waals surface area contributed by atoms with E-state index in [1.165, 1.54) is 4.80 Å². The highest BCUT2D eigenvalue weighted by Gasteiger charge is 2.11. The van der Waals surface area contributed by atoms with Gasteiger partial charge < -0.3 is 10.4 Å². The number of carbonyl (C=O) groups excluding carboxylic acids is 1. The Balaban J connectivity index is 1.82. The van der Waals surface area contributed by atoms with Crippen LogP contribution in [0.2, 0.25) is 0 Å². The molecule has 1 aromatic carbocycles. The van der Waals surface area contributed by atoms with E-state index < -0.39 is 6.10 Å². The third-order valence-corrected chi connectivity index (χ3v) is 3.30. The Morgan fingerprint density at radius 1 is 1.32 bits per heavy atom. The Bertz CT molecular complexity index is 597. The summed E-state index contributed by atoms with van der Waals surface area (Å²) in [5.41, 5.74) is 0.856. The van der Waals surface area contributed by atoms with Crippen LogP contribution in [0.1, 0.15) is 20.3 Å². The summed E-state index contributed by atoms with van der Waals surface area (Å²) < 4.78 is 0. The van der Waals surface area contributed by atoms with Crippen molar-refractivity contribution in [2.24, 2.45) is 5.92 Å². The Labute approximate surface area is 129 Å². The number of carbonyl (C=O) groups is 1. The maximum atomic E-state index is 11.8. The minimum atomic E-state index is -0.408. The van der Waals surface area contributed by atoms with Gasteiger partial charge in [-0.25, -0.2) is 0 Å². The van der Waals surface area contributed by atoms with E-state index >= 15 is 0 Å². The number of aromatic nitrogens is 4. The van der Waals surface area contributed by atoms with Crippen molar-refractivity contribution in [3.8, 4) is 11.4 Å². The standard InChI is InChI=1S/C15H21N5O2/c1-11(2)13(21)8-9-16-14(22)10-20-18-15(17-19-20)12-6-4-3-5-7-12/h3-7,11,13,21H,8-10H2,1-2H3,(H,16,22). The summed E-state index contributed by atoms with van der Waals surface area (Å²) in [5, 5.41) is 24.4. The Morgan fingerprint density at radius 2 is 2.05 bits per heavy atom. The van der Waals surface area contributed by atoms with Crippen molar-refractivity contribution < 1.29 is 9.90 Å². The summed E-state index contributed by atoms with van der Waals surface area (Å²) in [4.78, 5) is 13.0. The number of hydrogen-bond donors (Lipinski definition) is 2. The molecule has 1 atom stereocenters. The second kappa shape index (κ2) is 7.65. The Hall–Kier alpha value is -2.28. The SMILES string of the molecule is CC(C)C(O)CCNC(=O)Cn1nnc(-c2ccccc2)n1. The molecule has 2 aromatic rings. The third-order valence-electron chi connectivity index (χ3n) is 3.30. The maximum absolute atomic E-state index is 11.8. The van der Waals surface area contributed by atoms with E-state index in [1.54, 1.807) is 0 Å². The summed E-state index contributed by atoms with van der Waals surface area (Å²) >= 11 is 0. The second-order valence-electron chi connectivity index (χ2n) is 5.46. The first-order chi connectivity index (χ1) is 10.6. The number of nitrogens with zero attached hydrogens (tertiary/aromatic N) is 4. The van der Waals surface area contributed by atoms with Gasteiger partial charge in [0.25, 0.3) is 0 Å². The van der Waals surface area contributed by atoms with Crippen LogP contribution in [0, 0.1) is 5.92 Å². The van der Waals surface area contributed by atoms with Crippen molar-refractivity contribution in [2.45, 2.75) is 32.9 Å². The van der Waals surface area contributed by atoms with Gasteiger partial charge in [0.1, 0.15) is 6.54 Å². The summed E-state index contributed by atoms with van der Waals surface area (Å²) in [6.45, 7) is 4.32. The first-order valence-corrected chi connectivity index (χ1v) is 7.34. The van der Waals surface area contributed by atoms with E-state index in [1.807, 2.05) is 44.2 Å². The number of nitrogens with one attached hydrogen (secondary N) is 1. The molecule has 0 bridgehead atoms. The fourth-order valence-corrected chi connectivity index (χ4v) is 1.89. The number of benzene rings is 1. The van der Waals surface area contributed by atoms with Crippen molar-refractivity contribution in [3.05, 3.63) is 30.3 Å². The van der Waals surface area contributed by atoms with Gasteiger partial charge in [-0.1, -0.05) is 44.2 Å². The third kappa shape index (κ3) is 4.63. The maximum Gasteiger partial charge on any atom is 0.243 e. The molecule has 0 saturated carbocycles. The molecule has 0 saturated heterocycles. The average Bonchev–Trinajstić information content (AvgIpc) is 2.96. The Morgan fingerprint density at radius 3 is 2.73 bits per heavy atom. The highest BCUT2D eigenvalue weighted by Crippen LogP contribution is 2.11. The van der Waals surface area contributed by atoms with E-state index in [0.717, 1.165) is 5.56 Å². The minimum absolute atomic E-state index is 0.0115. The lowest BCUT2D eigenvalue weighted by molar-refractivity contribution is -0.122. The molecule has 0 aliphatic heterocycles. The fourth-order valence-electron chi connectivity index (χ4n) is 1.89. The molecule has 0 fully saturated rings. The monoisotopic (exact) mass is 303 g/mol. The van der Waals surface area contributed by atoms with Gasteiger partial charge >= 0.3 is 0 Å². The zero-order valence-corrected chi connectivity index (χ0v) is 12.8. The lowest BCUT2D eigenvalue weighted by atomic mass is 10.0. The molecule has 0 spiro atoms. The van der Waals surface area contributed by atoms with Gasteiger partial charge in [0, 0.05) is 12.1 Å². The first kappa shape index (κ1) is 16.1. The van der Waals surface area contributed by atoms with Gasteiger partial charge in [0.2, 0.25) is 11.7 Å². The molecule has 0 aliphatic carbocycles. The normalized spacial score (nSPS) is 12.4. The van der Waals surface area contributed by atoms with E-state index in [9.17, 15) is 9.90 Å². The van der Waals surface area contributed by atoms with Gasteiger partial charge in [-0.15, -0.1) is 10.2 Å². The molecular formula is C15H21N5O2. The van der Waals surface area contributed by atoms with Crippen LogP contribution in [-0.4, -0.2) is 43.9 Å². The van der Waals surface area contributed by atoms with E-state index in [0.29, 0.717) is 18.8 Å². The molecule has 0 radical (unpaired) electrons. The molecule has 7 nitrogen and oxygen atoms in total. The summed E-state index contributed by atoms with van der Waals surface area (Å²) in [5.74, 6) is 0.471. The van der Waals surface area contributed by atoms with Crippen LogP contribution in [-0.2, 0) is 11.3 Å². The molecular weight excluding hydrogens is 282 g/mol. The molecule has 0 aliphatic rings. The van der Waals surface area contributed by atoms with Crippen LogP contribution in [0.5, 0.6) is 0 Å². The minimum Gasteiger partial charge on any atom is -0.393 e. The molecule has 2 N–H and O–H groups in total. The largest absolute Gasteiger partial charge is 0.393 e. The molecule has 1 unspecified atom stereocenters. The average molecular weight is 303 g/mol. The van der Waals surface area contributed by atoms with Crippen molar-refractivity contribution in [1.29, 1.82) is 0 Å². The van der Waals surface area contributed by atoms with Crippen molar-refractivity contribution in [2.75, 3.05) is 6.54 Å². The zero-order valence-electron chi connectivity index (χ0n) is 12.8. The lowest BCUT2D eigenvalue weighted by Crippen LogP contribution is -2.31. The van der Waals surface area contributed by atoms with Crippen LogP contribution >= 0.6 is 0 Å². The zero-order chi connectivity index (χ0) is 15.9. The molecule has 118 valence electrons. The summed E-state index contributed by atoms with van der Waals surface area (Å²) in [6, 6.07) is 9.46. The van der Waals surface area contributed by atoms with Crippen molar-refractivity contribution >= 4 is 5.91 Å². The second-order valence-corrected chi connectivity index (χ2v) is 5.46. The van der Waals surface area contributed by atoms with Crippen molar-refractivity contribution in [1.82, 2.24) is 25.5 Å². The van der Waals surface area contributed by atoms with Gasteiger partial charge in [0.15, 0.2) is 0 Å². The number of tetrazole rings is 1. The number of hydrogen-bond acceptors (Lipinski definition) is 5. The van der Waals surface area contributed by atoms with Gasteiger partial charge in [0.05, 0.1) is 6.10 Å². The first-order valence-electron chi connectivity index (χ1n) is 7.34. The molecule has 7 heteroatoms.